The van der Waals surface area contributed by atoms with E-state index in [4.69, 9.17) is 4.74 Å². The summed E-state index contributed by atoms with van der Waals surface area (Å²) in [4.78, 5) is 3.95. The Labute approximate surface area is 56.0 Å². The molecule has 0 radical (unpaired) electrons. The zero-order valence-corrected chi connectivity index (χ0v) is 5.37. The monoisotopic (exact) mass is 124 g/mol. The summed E-state index contributed by atoms with van der Waals surface area (Å²) in [6.07, 6.45) is 1.71. The highest BCUT2D eigenvalue weighted by Crippen LogP contribution is 2.01. The fraction of sp³-hybridized carbons (Fsp3) is 0.286. The molecular formula is C7H10NO+. The van der Waals surface area contributed by atoms with Gasteiger partial charge in [0, 0.05) is 12.3 Å². The summed E-state index contributed by atoms with van der Waals surface area (Å²) in [6.45, 7) is 2.62. The standard InChI is InChI=1S/C7H9NO/c1-2-9-7-5-3-4-6-8-7/h3-6H,2H2,1H3/p+1. The second kappa shape index (κ2) is 3.07. The van der Waals surface area contributed by atoms with Gasteiger partial charge in [-0.25, -0.2) is 4.98 Å². The number of hydrogen-bond acceptors (Lipinski definition) is 2. The predicted molar refractivity (Wildman–Crippen MR) is 36.5 cm³/mol. The van der Waals surface area contributed by atoms with E-state index >= 15 is 0 Å². The van der Waals surface area contributed by atoms with Gasteiger partial charge in [0.1, 0.15) is 0 Å². The zero-order chi connectivity index (χ0) is 6.53. The lowest BCUT2D eigenvalue weighted by Gasteiger charge is -1.97. The zero-order valence-electron chi connectivity index (χ0n) is 6.37. The van der Waals surface area contributed by atoms with Gasteiger partial charge in [-0.15, -0.1) is 0 Å². The Bertz CT molecular complexity index is 167. The van der Waals surface area contributed by atoms with Crippen molar-refractivity contribution in [2.45, 2.75) is 6.92 Å². The fourth-order valence-electron chi connectivity index (χ4n) is 0.580. The lowest BCUT2D eigenvalue weighted by molar-refractivity contribution is 0.327. The predicted octanol–water partition coefficient (Wildman–Crippen LogP) is 1.59. The lowest BCUT2D eigenvalue weighted by Crippen LogP contribution is -1.92. The lowest BCUT2D eigenvalue weighted by atomic mass is 10.5. The molecule has 0 N–H and O–H groups in total. The highest BCUT2D eigenvalue weighted by molar-refractivity contribution is 5.08. The van der Waals surface area contributed by atoms with E-state index in [1.807, 2.05) is 25.1 Å². The molecule has 0 fully saturated rings. The molecule has 2 heteroatoms. The van der Waals surface area contributed by atoms with Gasteiger partial charge in [-0.3, -0.25) is 0 Å². The minimum absolute atomic E-state index is 0. The van der Waals surface area contributed by atoms with Crippen LogP contribution in [0.4, 0.5) is 0 Å². The Hall–Kier alpha value is -1.05. The molecule has 0 saturated heterocycles. The molecule has 0 aliphatic carbocycles. The normalized spacial score (nSPS) is 9.00. The number of nitrogens with zero attached hydrogens (tertiary/aromatic N) is 1. The van der Waals surface area contributed by atoms with Crippen molar-refractivity contribution in [3.05, 3.63) is 24.4 Å². The Morgan fingerprint density at radius 3 is 3.11 bits per heavy atom. The first kappa shape index (κ1) is 6.08. The smallest absolute Gasteiger partial charge is 0.478 e. The molecule has 0 aromatic carbocycles. The van der Waals surface area contributed by atoms with Crippen LogP contribution in [-0.2, 0) is 0 Å². The molecule has 2 nitrogen and oxygen atoms in total. The number of rotatable bonds is 2. The first-order valence-electron chi connectivity index (χ1n) is 2.97. The third kappa shape index (κ3) is 1.72. The average molecular weight is 124 g/mol. The van der Waals surface area contributed by atoms with Crippen molar-refractivity contribution in [1.82, 2.24) is 4.98 Å². The Kier molecular flexibility index (Phi) is 2.07. The van der Waals surface area contributed by atoms with Gasteiger partial charge in [-0.2, -0.15) is 0 Å². The molecule has 0 saturated carbocycles. The highest BCUT2D eigenvalue weighted by atomic mass is 16.5. The van der Waals surface area contributed by atoms with E-state index in [1.165, 1.54) is 0 Å². The van der Waals surface area contributed by atoms with Crippen LogP contribution in [0.15, 0.2) is 24.4 Å². The summed E-state index contributed by atoms with van der Waals surface area (Å²) >= 11 is 0. The van der Waals surface area contributed by atoms with Crippen molar-refractivity contribution in [2.24, 2.45) is 0 Å². The molecule has 0 amide bonds. The van der Waals surface area contributed by atoms with Crippen LogP contribution in [0.25, 0.3) is 0 Å². The summed E-state index contributed by atoms with van der Waals surface area (Å²) in [6, 6.07) is 5.60. The number of ether oxygens (including phenoxy) is 1. The van der Waals surface area contributed by atoms with Crippen LogP contribution in [0, 0.1) is 0 Å². The molecule has 0 bridgehead atoms. The maximum absolute atomic E-state index is 5.09. The Balaban J connectivity index is 0.000000810. The van der Waals surface area contributed by atoms with E-state index in [2.05, 4.69) is 4.98 Å². The van der Waals surface area contributed by atoms with Gasteiger partial charge in [0.15, 0.2) is 0 Å². The molecule has 9 heavy (non-hydrogen) atoms. The third-order valence-electron chi connectivity index (χ3n) is 0.930. The number of pyridine rings is 1. The van der Waals surface area contributed by atoms with E-state index in [1.54, 1.807) is 6.20 Å². The number of aromatic nitrogens is 1. The second-order valence-electron chi connectivity index (χ2n) is 1.60. The summed E-state index contributed by atoms with van der Waals surface area (Å²) in [7, 11) is 0. The van der Waals surface area contributed by atoms with Gasteiger partial charge in [-0.05, 0) is 13.0 Å². The minimum atomic E-state index is 0. The average Bonchev–Trinajstić information content (AvgIpc) is 1.91. The van der Waals surface area contributed by atoms with Gasteiger partial charge in [0.25, 0.3) is 0 Å². The quantitative estimate of drug-likeness (QED) is 0.597. The first-order chi connectivity index (χ1) is 4.43. The van der Waals surface area contributed by atoms with Crippen LogP contribution in [0.3, 0.4) is 0 Å². The summed E-state index contributed by atoms with van der Waals surface area (Å²) < 4.78 is 5.09. The van der Waals surface area contributed by atoms with Gasteiger partial charge in [-0.1, -0.05) is 6.07 Å². The van der Waals surface area contributed by atoms with Crippen LogP contribution in [0.2, 0.25) is 0 Å². The van der Waals surface area contributed by atoms with Gasteiger partial charge in [0.2, 0.25) is 5.88 Å². The molecule has 0 unspecified atom stereocenters. The SMILES string of the molecule is CCOc1ccccn1.[H+]. The van der Waals surface area contributed by atoms with Gasteiger partial charge in [0.05, 0.1) is 6.61 Å². The van der Waals surface area contributed by atoms with Gasteiger partial charge >= 0.3 is 1.43 Å². The Morgan fingerprint density at radius 2 is 2.56 bits per heavy atom. The fourth-order valence-corrected chi connectivity index (χ4v) is 0.580. The maximum Gasteiger partial charge on any atom is 1.00 e. The molecule has 1 aromatic rings. The van der Waals surface area contributed by atoms with Crippen LogP contribution in [0.1, 0.15) is 8.35 Å². The van der Waals surface area contributed by atoms with Crippen molar-refractivity contribution in [1.29, 1.82) is 0 Å². The molecule has 0 spiro atoms. The second-order valence-corrected chi connectivity index (χ2v) is 1.60. The summed E-state index contributed by atoms with van der Waals surface area (Å²) in [5.74, 6) is 0.694. The summed E-state index contributed by atoms with van der Waals surface area (Å²) in [5, 5.41) is 0. The molecule has 1 aromatic heterocycles. The highest BCUT2D eigenvalue weighted by Gasteiger charge is 1.85. The maximum atomic E-state index is 5.09. The van der Waals surface area contributed by atoms with Crippen molar-refractivity contribution in [3.63, 3.8) is 0 Å². The van der Waals surface area contributed by atoms with Gasteiger partial charge < -0.3 is 4.74 Å². The number of hydrogen-bond donors (Lipinski definition) is 0. The van der Waals surface area contributed by atoms with Crippen molar-refractivity contribution in [3.8, 4) is 5.88 Å². The minimum Gasteiger partial charge on any atom is -0.478 e. The van der Waals surface area contributed by atoms with Crippen LogP contribution >= 0.6 is 0 Å². The molecule has 1 rings (SSSR count). The van der Waals surface area contributed by atoms with Crippen molar-refractivity contribution < 1.29 is 6.16 Å². The molecule has 0 aliphatic heterocycles. The Morgan fingerprint density at radius 1 is 1.67 bits per heavy atom. The van der Waals surface area contributed by atoms with E-state index in [0.717, 1.165) is 0 Å². The van der Waals surface area contributed by atoms with Crippen molar-refractivity contribution >= 4 is 0 Å². The van der Waals surface area contributed by atoms with E-state index in [0.29, 0.717) is 12.5 Å². The molecule has 0 aliphatic rings. The van der Waals surface area contributed by atoms with E-state index < -0.39 is 0 Å². The third-order valence-corrected chi connectivity index (χ3v) is 0.930. The van der Waals surface area contributed by atoms with Crippen molar-refractivity contribution in [2.75, 3.05) is 6.61 Å². The first-order valence-corrected chi connectivity index (χ1v) is 2.97. The molecule has 0 atom stereocenters. The van der Waals surface area contributed by atoms with Crippen LogP contribution in [-0.4, -0.2) is 11.6 Å². The van der Waals surface area contributed by atoms with Crippen LogP contribution < -0.4 is 4.74 Å². The largest absolute Gasteiger partial charge is 1.00 e. The molecule has 48 valence electrons. The topological polar surface area (TPSA) is 22.1 Å². The molecule has 1 heterocycles. The van der Waals surface area contributed by atoms with E-state index in [9.17, 15) is 0 Å². The van der Waals surface area contributed by atoms with E-state index in [-0.39, 0.29) is 1.43 Å². The molecular weight excluding hydrogens is 114 g/mol. The summed E-state index contributed by atoms with van der Waals surface area (Å²) in [5.41, 5.74) is 0. The van der Waals surface area contributed by atoms with Crippen LogP contribution in [0.5, 0.6) is 5.88 Å².